The largest absolute Gasteiger partial charge is 0.492 e. The molecule has 0 aliphatic carbocycles. The number of hydrogen-bond acceptors (Lipinski definition) is 3. The first-order valence-corrected chi connectivity index (χ1v) is 9.78. The normalized spacial score (nSPS) is 12.7. The zero-order valence-corrected chi connectivity index (χ0v) is 19.1. The Morgan fingerprint density at radius 1 is 1.07 bits per heavy atom. The van der Waals surface area contributed by atoms with Crippen LogP contribution in [0.2, 0.25) is 0 Å². The first-order chi connectivity index (χ1) is 13.8. The Morgan fingerprint density at radius 2 is 1.79 bits per heavy atom. The maximum Gasteiger partial charge on any atom is 0.227 e. The third-order valence-electron chi connectivity index (χ3n) is 4.68. The number of nitrogens with one attached hydrogen (secondary N) is 2. The minimum Gasteiger partial charge on any atom is -0.492 e. The third-order valence-corrected chi connectivity index (χ3v) is 4.68. The van der Waals surface area contributed by atoms with E-state index in [1.54, 1.807) is 7.05 Å². The van der Waals surface area contributed by atoms with Gasteiger partial charge in [-0.05, 0) is 36.6 Å². The number of fused-ring (bicyclic) bond motifs is 1. The van der Waals surface area contributed by atoms with Crippen molar-refractivity contribution in [1.82, 2.24) is 10.6 Å². The highest BCUT2D eigenvalue weighted by Crippen LogP contribution is 2.27. The van der Waals surface area contributed by atoms with Crippen molar-refractivity contribution in [3.05, 3.63) is 60.2 Å². The molecule has 0 saturated carbocycles. The summed E-state index contributed by atoms with van der Waals surface area (Å²) >= 11 is 0. The van der Waals surface area contributed by atoms with Crippen molar-refractivity contribution in [2.75, 3.05) is 38.2 Å². The van der Waals surface area contributed by atoms with Crippen LogP contribution in [0, 0.1) is 0 Å². The fourth-order valence-corrected chi connectivity index (χ4v) is 3.25. The van der Waals surface area contributed by atoms with Gasteiger partial charge in [0.05, 0.1) is 6.54 Å². The Kier molecular flexibility index (Phi) is 9.76. The number of aliphatic imine (C=N–C) groups is 1. The molecule has 2 aromatic carbocycles. The van der Waals surface area contributed by atoms with Gasteiger partial charge in [0.25, 0.3) is 0 Å². The number of benzene rings is 2. The highest BCUT2D eigenvalue weighted by atomic mass is 127. The lowest BCUT2D eigenvalue weighted by atomic mass is 10.2. The molecule has 7 heteroatoms. The van der Waals surface area contributed by atoms with Crippen molar-refractivity contribution < 1.29 is 9.53 Å². The monoisotopic (exact) mass is 508 g/mol. The number of halogens is 1. The second-order valence-electron chi connectivity index (χ2n) is 6.61. The van der Waals surface area contributed by atoms with Crippen LogP contribution in [0.1, 0.15) is 18.4 Å². The molecular formula is C22H29IN4O2. The van der Waals surface area contributed by atoms with Gasteiger partial charge in [-0.1, -0.05) is 36.4 Å². The van der Waals surface area contributed by atoms with E-state index in [1.165, 1.54) is 5.56 Å². The van der Waals surface area contributed by atoms with Crippen LogP contribution in [0.15, 0.2) is 59.6 Å². The fourth-order valence-electron chi connectivity index (χ4n) is 3.25. The number of carbonyl (C=O) groups is 1. The molecule has 29 heavy (non-hydrogen) atoms. The number of rotatable bonds is 8. The lowest BCUT2D eigenvalue weighted by Crippen LogP contribution is -2.40. The average Bonchev–Trinajstić information content (AvgIpc) is 3.17. The van der Waals surface area contributed by atoms with E-state index in [0.29, 0.717) is 26.1 Å². The van der Waals surface area contributed by atoms with Crippen LogP contribution in [-0.4, -0.2) is 45.2 Å². The molecule has 0 bridgehead atoms. The number of guanidine groups is 1. The van der Waals surface area contributed by atoms with E-state index in [9.17, 15) is 4.79 Å². The Hall–Kier alpha value is -2.29. The zero-order valence-electron chi connectivity index (χ0n) is 16.8. The molecular weight excluding hydrogens is 479 g/mol. The summed E-state index contributed by atoms with van der Waals surface area (Å²) in [5.41, 5.74) is 2.33. The van der Waals surface area contributed by atoms with Crippen LogP contribution >= 0.6 is 24.0 Å². The maximum atomic E-state index is 12.5. The van der Waals surface area contributed by atoms with Crippen LogP contribution in [0.5, 0.6) is 5.75 Å². The summed E-state index contributed by atoms with van der Waals surface area (Å²) in [4.78, 5) is 18.6. The molecule has 1 heterocycles. The van der Waals surface area contributed by atoms with Gasteiger partial charge in [0.2, 0.25) is 5.91 Å². The predicted octanol–water partition coefficient (Wildman–Crippen LogP) is 3.22. The Bertz CT molecular complexity index is 798. The topological polar surface area (TPSA) is 66.0 Å². The molecule has 0 unspecified atom stereocenters. The van der Waals surface area contributed by atoms with E-state index < -0.39 is 0 Å². The first kappa shape index (κ1) is 23.0. The molecule has 6 nitrogen and oxygen atoms in total. The van der Waals surface area contributed by atoms with E-state index >= 15 is 0 Å². The number of carbonyl (C=O) groups excluding carboxylic acids is 1. The number of anilines is 1. The molecule has 0 aromatic heterocycles. The molecule has 1 amide bonds. The number of ether oxygens (including phenoxy) is 1. The highest BCUT2D eigenvalue weighted by Gasteiger charge is 2.23. The van der Waals surface area contributed by atoms with Crippen LogP contribution in [-0.2, 0) is 11.2 Å². The summed E-state index contributed by atoms with van der Waals surface area (Å²) in [6, 6.07) is 17.9. The minimum atomic E-state index is 0. The van der Waals surface area contributed by atoms with Crippen LogP contribution < -0.4 is 20.3 Å². The Labute approximate surface area is 189 Å². The van der Waals surface area contributed by atoms with Gasteiger partial charge in [0.15, 0.2) is 5.96 Å². The molecule has 2 N–H and O–H groups in total. The quantitative estimate of drug-likeness (QED) is 0.249. The summed E-state index contributed by atoms with van der Waals surface area (Å²) in [6.45, 7) is 2.69. The van der Waals surface area contributed by atoms with Gasteiger partial charge in [-0.15, -0.1) is 24.0 Å². The lowest BCUT2D eigenvalue weighted by Gasteiger charge is -2.17. The van der Waals surface area contributed by atoms with Crippen LogP contribution in [0.25, 0.3) is 0 Å². The second-order valence-corrected chi connectivity index (χ2v) is 6.61. The van der Waals surface area contributed by atoms with E-state index in [2.05, 4.69) is 21.7 Å². The van der Waals surface area contributed by atoms with Gasteiger partial charge < -0.3 is 20.3 Å². The number of nitrogens with zero attached hydrogens (tertiary/aromatic N) is 2. The van der Waals surface area contributed by atoms with Gasteiger partial charge in [-0.3, -0.25) is 9.79 Å². The highest BCUT2D eigenvalue weighted by molar-refractivity contribution is 14.0. The Balaban J connectivity index is 0.00000300. The Morgan fingerprint density at radius 3 is 2.59 bits per heavy atom. The molecule has 156 valence electrons. The van der Waals surface area contributed by atoms with Crippen molar-refractivity contribution in [2.45, 2.75) is 19.3 Å². The van der Waals surface area contributed by atoms with E-state index in [4.69, 9.17) is 4.74 Å². The third kappa shape index (κ3) is 6.92. The SMILES string of the molecule is CN=C(NCCCC(=O)N1CCc2ccccc21)NCCOc1ccccc1.I. The number of para-hydroxylation sites is 2. The molecule has 2 aromatic rings. The second kappa shape index (κ2) is 12.3. The van der Waals surface area contributed by atoms with Gasteiger partial charge in [0.1, 0.15) is 12.4 Å². The molecule has 1 aliphatic rings. The summed E-state index contributed by atoms with van der Waals surface area (Å²) in [5.74, 6) is 1.76. The van der Waals surface area contributed by atoms with E-state index in [1.807, 2.05) is 53.4 Å². The van der Waals surface area contributed by atoms with Crippen molar-refractivity contribution in [3.63, 3.8) is 0 Å². The average molecular weight is 508 g/mol. The van der Waals surface area contributed by atoms with Gasteiger partial charge in [-0.2, -0.15) is 0 Å². The van der Waals surface area contributed by atoms with Crippen molar-refractivity contribution >= 4 is 41.5 Å². The van der Waals surface area contributed by atoms with E-state index in [-0.39, 0.29) is 29.9 Å². The molecule has 0 fully saturated rings. The van der Waals surface area contributed by atoms with Gasteiger partial charge in [0, 0.05) is 32.2 Å². The minimum absolute atomic E-state index is 0. The van der Waals surface area contributed by atoms with Crippen molar-refractivity contribution in [3.8, 4) is 5.75 Å². The maximum absolute atomic E-state index is 12.5. The predicted molar refractivity (Wildman–Crippen MR) is 128 cm³/mol. The molecule has 3 rings (SSSR count). The summed E-state index contributed by atoms with van der Waals surface area (Å²) < 4.78 is 5.65. The smallest absolute Gasteiger partial charge is 0.227 e. The summed E-state index contributed by atoms with van der Waals surface area (Å²) in [5, 5.41) is 6.46. The molecule has 0 atom stereocenters. The van der Waals surface area contributed by atoms with Gasteiger partial charge >= 0.3 is 0 Å². The fraction of sp³-hybridized carbons (Fsp3) is 0.364. The molecule has 0 spiro atoms. The number of hydrogen-bond donors (Lipinski definition) is 2. The first-order valence-electron chi connectivity index (χ1n) is 9.78. The lowest BCUT2D eigenvalue weighted by molar-refractivity contribution is -0.118. The van der Waals surface area contributed by atoms with E-state index in [0.717, 1.165) is 36.8 Å². The standard InChI is InChI=1S/C22H28N4O2.HI/c1-23-22(25-15-17-28-19-9-3-2-4-10-19)24-14-7-12-21(27)26-16-13-18-8-5-6-11-20(18)26;/h2-6,8-11H,7,12-17H2,1H3,(H2,23,24,25);1H. The molecule has 0 saturated heterocycles. The van der Waals surface area contributed by atoms with Crippen LogP contribution in [0.3, 0.4) is 0 Å². The molecule has 1 aliphatic heterocycles. The van der Waals surface area contributed by atoms with Crippen molar-refractivity contribution in [2.24, 2.45) is 4.99 Å². The van der Waals surface area contributed by atoms with Gasteiger partial charge in [-0.25, -0.2) is 0 Å². The van der Waals surface area contributed by atoms with Crippen LogP contribution in [0.4, 0.5) is 5.69 Å². The summed E-state index contributed by atoms with van der Waals surface area (Å²) in [7, 11) is 1.74. The summed E-state index contributed by atoms with van der Waals surface area (Å²) in [6.07, 6.45) is 2.23. The number of amides is 1. The molecule has 0 radical (unpaired) electrons. The van der Waals surface area contributed by atoms with Crippen molar-refractivity contribution in [1.29, 1.82) is 0 Å². The zero-order chi connectivity index (χ0) is 19.6.